The van der Waals surface area contributed by atoms with E-state index in [0.29, 0.717) is 6.54 Å². The van der Waals surface area contributed by atoms with Gasteiger partial charge in [0.05, 0.1) is 6.61 Å². The first-order valence-electron chi connectivity index (χ1n) is 10.2. The summed E-state index contributed by atoms with van der Waals surface area (Å²) in [6.45, 7) is 3.01. The molecule has 0 aromatic heterocycles. The summed E-state index contributed by atoms with van der Waals surface area (Å²) in [6.07, 6.45) is 36.4. The number of hydrogen-bond donors (Lipinski definition) is 2. The summed E-state index contributed by atoms with van der Waals surface area (Å²) in [4.78, 5) is 0. The van der Waals surface area contributed by atoms with Crippen molar-refractivity contribution in [1.82, 2.24) is 5.32 Å². The molecule has 0 saturated carbocycles. The molecule has 0 bridgehead atoms. The second kappa shape index (κ2) is 23.2. The molecule has 0 atom stereocenters. The summed E-state index contributed by atoms with van der Waals surface area (Å²) in [6, 6.07) is 0. The van der Waals surface area contributed by atoms with Crippen LogP contribution in [0.2, 0.25) is 0 Å². The fourth-order valence-electron chi connectivity index (χ4n) is 2.36. The molecule has 146 valence electrons. The van der Waals surface area contributed by atoms with Gasteiger partial charge in [-0.2, -0.15) is 0 Å². The number of aliphatic hydroxyl groups is 1. The SMILES string of the molecule is CCCCCCCCCCC=CC=CC=CC=CC=CC=CNCCO. The molecule has 0 aliphatic heterocycles. The quantitative estimate of drug-likeness (QED) is 0.233. The largest absolute Gasteiger partial charge is 0.395 e. The third-order valence-corrected chi connectivity index (χ3v) is 3.83. The van der Waals surface area contributed by atoms with E-state index >= 15 is 0 Å². The van der Waals surface area contributed by atoms with E-state index in [1.807, 2.05) is 48.7 Å². The molecule has 0 spiro atoms. The van der Waals surface area contributed by atoms with Crippen molar-refractivity contribution >= 4 is 0 Å². The van der Waals surface area contributed by atoms with Crippen molar-refractivity contribution in [3.8, 4) is 0 Å². The van der Waals surface area contributed by atoms with Gasteiger partial charge in [0, 0.05) is 6.54 Å². The van der Waals surface area contributed by atoms with Crippen molar-refractivity contribution in [2.24, 2.45) is 0 Å². The molecule has 2 heteroatoms. The first kappa shape index (κ1) is 24.2. The van der Waals surface area contributed by atoms with Gasteiger partial charge in [-0.05, 0) is 25.1 Å². The van der Waals surface area contributed by atoms with E-state index in [0.717, 1.165) is 0 Å². The van der Waals surface area contributed by atoms with Gasteiger partial charge in [0.25, 0.3) is 0 Å². The number of nitrogens with one attached hydrogen (secondary N) is 1. The van der Waals surface area contributed by atoms with Crippen LogP contribution in [0.4, 0.5) is 0 Å². The van der Waals surface area contributed by atoms with Crippen LogP contribution < -0.4 is 5.32 Å². The summed E-state index contributed by atoms with van der Waals surface area (Å²) < 4.78 is 0. The Balaban J connectivity index is 3.51. The molecule has 0 aromatic rings. The molecule has 0 fully saturated rings. The summed E-state index contributed by atoms with van der Waals surface area (Å²) in [5.41, 5.74) is 0. The Kier molecular flexibility index (Phi) is 21.6. The molecule has 0 aliphatic rings. The molecule has 0 unspecified atom stereocenters. The van der Waals surface area contributed by atoms with Crippen LogP contribution in [0.3, 0.4) is 0 Å². The minimum atomic E-state index is 0.153. The van der Waals surface area contributed by atoms with E-state index in [1.54, 1.807) is 0 Å². The molecule has 0 heterocycles. The Labute approximate surface area is 161 Å². The van der Waals surface area contributed by atoms with Crippen LogP contribution in [0, 0.1) is 0 Å². The fourth-order valence-corrected chi connectivity index (χ4v) is 2.36. The van der Waals surface area contributed by atoms with Gasteiger partial charge in [-0.25, -0.2) is 0 Å². The van der Waals surface area contributed by atoms with Gasteiger partial charge in [0.2, 0.25) is 0 Å². The molecule has 0 radical (unpaired) electrons. The standard InChI is InChI=1S/C24H39NO/c1-2-3-4-5-6-7-8-9-10-11-12-13-14-15-16-17-18-19-20-21-22-25-23-24-26/h11-22,25-26H,2-10,23-24H2,1H3. The smallest absolute Gasteiger partial charge is 0.0603 e. The maximum absolute atomic E-state index is 8.59. The predicted molar refractivity (Wildman–Crippen MR) is 117 cm³/mol. The Bertz CT molecular complexity index is 441. The van der Waals surface area contributed by atoms with Gasteiger partial charge in [-0.1, -0.05) is 113 Å². The lowest BCUT2D eigenvalue weighted by atomic mass is 10.1. The van der Waals surface area contributed by atoms with Crippen molar-refractivity contribution in [2.75, 3.05) is 13.2 Å². The molecule has 0 aliphatic carbocycles. The van der Waals surface area contributed by atoms with E-state index < -0.39 is 0 Å². The summed E-state index contributed by atoms with van der Waals surface area (Å²) >= 11 is 0. The van der Waals surface area contributed by atoms with E-state index in [-0.39, 0.29) is 6.61 Å². The fraction of sp³-hybridized carbons (Fsp3) is 0.500. The van der Waals surface area contributed by atoms with Crippen LogP contribution in [0.15, 0.2) is 73.0 Å². The third kappa shape index (κ3) is 22.2. The molecule has 0 saturated heterocycles. The minimum absolute atomic E-state index is 0.153. The van der Waals surface area contributed by atoms with Crippen LogP contribution in [0.1, 0.15) is 64.7 Å². The summed E-state index contributed by atoms with van der Waals surface area (Å²) in [7, 11) is 0. The molecule has 0 amide bonds. The van der Waals surface area contributed by atoms with Crippen LogP contribution in [0.5, 0.6) is 0 Å². The van der Waals surface area contributed by atoms with Gasteiger partial charge in [0.15, 0.2) is 0 Å². The second-order valence-corrected chi connectivity index (χ2v) is 6.27. The lowest BCUT2D eigenvalue weighted by molar-refractivity contribution is 0.298. The first-order chi connectivity index (χ1) is 12.9. The zero-order valence-corrected chi connectivity index (χ0v) is 16.7. The monoisotopic (exact) mass is 357 g/mol. The molecular formula is C24H39NO. The minimum Gasteiger partial charge on any atom is -0.395 e. The molecule has 2 N–H and O–H groups in total. The van der Waals surface area contributed by atoms with E-state index in [2.05, 4.69) is 36.5 Å². The van der Waals surface area contributed by atoms with Crippen molar-refractivity contribution < 1.29 is 5.11 Å². The highest BCUT2D eigenvalue weighted by molar-refractivity contribution is 5.19. The van der Waals surface area contributed by atoms with Crippen molar-refractivity contribution in [3.05, 3.63) is 73.0 Å². The van der Waals surface area contributed by atoms with Gasteiger partial charge in [-0.3, -0.25) is 0 Å². The highest BCUT2D eigenvalue weighted by Crippen LogP contribution is 2.09. The Morgan fingerprint density at radius 1 is 0.615 bits per heavy atom. The average molecular weight is 358 g/mol. The summed E-state index contributed by atoms with van der Waals surface area (Å²) in [5.74, 6) is 0. The van der Waals surface area contributed by atoms with Crippen LogP contribution in [-0.2, 0) is 0 Å². The zero-order valence-electron chi connectivity index (χ0n) is 16.7. The third-order valence-electron chi connectivity index (χ3n) is 3.83. The number of aliphatic hydroxyl groups excluding tert-OH is 1. The average Bonchev–Trinajstić information content (AvgIpc) is 2.66. The second-order valence-electron chi connectivity index (χ2n) is 6.27. The highest BCUT2D eigenvalue weighted by Gasteiger charge is 1.89. The molecule has 0 aromatic carbocycles. The van der Waals surface area contributed by atoms with Crippen molar-refractivity contribution in [1.29, 1.82) is 0 Å². The lowest BCUT2D eigenvalue weighted by Gasteiger charge is -1.99. The van der Waals surface area contributed by atoms with E-state index in [4.69, 9.17) is 5.11 Å². The van der Waals surface area contributed by atoms with E-state index in [1.165, 1.54) is 57.8 Å². The number of allylic oxidation sites excluding steroid dienone is 11. The van der Waals surface area contributed by atoms with Gasteiger partial charge < -0.3 is 10.4 Å². The lowest BCUT2D eigenvalue weighted by Crippen LogP contribution is -2.09. The van der Waals surface area contributed by atoms with Crippen molar-refractivity contribution in [3.63, 3.8) is 0 Å². The van der Waals surface area contributed by atoms with Crippen molar-refractivity contribution in [2.45, 2.75) is 64.7 Å². The maximum Gasteiger partial charge on any atom is 0.0603 e. The molecule has 0 rings (SSSR count). The predicted octanol–water partition coefficient (Wildman–Crippen LogP) is 6.39. The Morgan fingerprint density at radius 3 is 1.69 bits per heavy atom. The first-order valence-corrected chi connectivity index (χ1v) is 10.2. The Morgan fingerprint density at radius 2 is 1.12 bits per heavy atom. The van der Waals surface area contributed by atoms with Crippen LogP contribution >= 0.6 is 0 Å². The van der Waals surface area contributed by atoms with Gasteiger partial charge >= 0.3 is 0 Å². The van der Waals surface area contributed by atoms with Crippen LogP contribution in [0.25, 0.3) is 0 Å². The highest BCUT2D eigenvalue weighted by atomic mass is 16.3. The van der Waals surface area contributed by atoms with Crippen LogP contribution in [-0.4, -0.2) is 18.3 Å². The maximum atomic E-state index is 8.59. The van der Waals surface area contributed by atoms with Gasteiger partial charge in [0.1, 0.15) is 0 Å². The molecule has 2 nitrogen and oxygen atoms in total. The Hall–Kier alpha value is -1.80. The topological polar surface area (TPSA) is 32.3 Å². The van der Waals surface area contributed by atoms with E-state index in [9.17, 15) is 0 Å². The number of rotatable bonds is 17. The van der Waals surface area contributed by atoms with Gasteiger partial charge in [-0.15, -0.1) is 0 Å². The molecule has 26 heavy (non-hydrogen) atoms. The zero-order chi connectivity index (χ0) is 19.0. The normalized spacial score (nSPS) is 13.0. The number of unbranched alkanes of at least 4 members (excludes halogenated alkanes) is 8. The summed E-state index contributed by atoms with van der Waals surface area (Å²) in [5, 5.41) is 11.5. The molecular weight excluding hydrogens is 318 g/mol. The number of hydrogen-bond acceptors (Lipinski definition) is 2.